The van der Waals surface area contributed by atoms with E-state index in [9.17, 15) is 0 Å². The van der Waals surface area contributed by atoms with Crippen LogP contribution in [0.4, 0.5) is 0 Å². The Hall–Kier alpha value is -0.130. The minimum Gasteiger partial charge on any atom is -0.309 e. The lowest BCUT2D eigenvalue weighted by Gasteiger charge is -2.09. The van der Waals surface area contributed by atoms with E-state index in [-0.39, 0.29) is 0 Å². The van der Waals surface area contributed by atoms with Crippen LogP contribution in [0.2, 0.25) is 0 Å². The van der Waals surface area contributed by atoms with Gasteiger partial charge < -0.3 is 4.90 Å². The van der Waals surface area contributed by atoms with Crippen LogP contribution in [0.1, 0.15) is 19.8 Å². The van der Waals surface area contributed by atoms with E-state index in [0.29, 0.717) is 0 Å². The van der Waals surface area contributed by atoms with Crippen LogP contribution >= 0.6 is 9.24 Å². The lowest BCUT2D eigenvalue weighted by atomic mass is 10.1. The molecule has 0 bridgehead atoms. The Balaban J connectivity index is 3.95. The first-order valence-electron chi connectivity index (χ1n) is 4.91. The van der Waals surface area contributed by atoms with Gasteiger partial charge >= 0.3 is 0 Å². The first kappa shape index (κ1) is 12.9. The summed E-state index contributed by atoms with van der Waals surface area (Å²) in [4.78, 5) is 2.22. The smallest absolute Gasteiger partial charge is 0.00156 e. The maximum Gasteiger partial charge on any atom is 0.00156 e. The summed E-state index contributed by atoms with van der Waals surface area (Å²) in [6.07, 6.45) is 10.1. The number of hydrogen-bond donors (Lipinski definition) is 0. The molecule has 1 atom stereocenters. The third kappa shape index (κ3) is 8.21. The third-order valence-electron chi connectivity index (χ3n) is 1.80. The molecule has 0 aromatic heterocycles. The van der Waals surface area contributed by atoms with Crippen LogP contribution in [-0.4, -0.2) is 31.7 Å². The van der Waals surface area contributed by atoms with Crippen molar-refractivity contribution in [1.29, 1.82) is 0 Å². The van der Waals surface area contributed by atoms with Gasteiger partial charge in [0.1, 0.15) is 0 Å². The summed E-state index contributed by atoms with van der Waals surface area (Å²) < 4.78 is 0. The van der Waals surface area contributed by atoms with Gasteiger partial charge in [-0.3, -0.25) is 0 Å². The third-order valence-corrected chi connectivity index (χ3v) is 2.03. The van der Waals surface area contributed by atoms with Gasteiger partial charge in [-0.15, -0.1) is 9.24 Å². The van der Waals surface area contributed by atoms with Crippen LogP contribution in [0, 0.1) is 0 Å². The van der Waals surface area contributed by atoms with Crippen LogP contribution in [-0.2, 0) is 0 Å². The van der Waals surface area contributed by atoms with Gasteiger partial charge in [0.05, 0.1) is 0 Å². The summed E-state index contributed by atoms with van der Waals surface area (Å²) in [5.41, 5.74) is 1.45. The highest BCUT2D eigenvalue weighted by Crippen LogP contribution is 2.06. The molecule has 0 saturated carbocycles. The highest BCUT2D eigenvalue weighted by Gasteiger charge is 1.93. The molecule has 0 spiro atoms. The monoisotopic (exact) mass is 199 g/mol. The molecule has 0 aromatic carbocycles. The van der Waals surface area contributed by atoms with Gasteiger partial charge in [-0.25, -0.2) is 0 Å². The highest BCUT2D eigenvalue weighted by atomic mass is 31.0. The fraction of sp³-hybridized carbons (Fsp3) is 0.636. The average molecular weight is 199 g/mol. The van der Waals surface area contributed by atoms with E-state index in [1.165, 1.54) is 5.57 Å². The summed E-state index contributed by atoms with van der Waals surface area (Å²) in [5, 5.41) is 0. The quantitative estimate of drug-likeness (QED) is 0.469. The van der Waals surface area contributed by atoms with Gasteiger partial charge in [0.2, 0.25) is 0 Å². The minimum atomic E-state index is 1.05. The van der Waals surface area contributed by atoms with Gasteiger partial charge in [-0.2, -0.15) is 0 Å². The van der Waals surface area contributed by atoms with Crippen molar-refractivity contribution in [3.05, 3.63) is 23.8 Å². The van der Waals surface area contributed by atoms with Crippen LogP contribution in [0.15, 0.2) is 23.8 Å². The zero-order chi connectivity index (χ0) is 10.1. The Morgan fingerprint density at radius 3 is 2.54 bits per heavy atom. The summed E-state index contributed by atoms with van der Waals surface area (Å²) in [5.74, 6) is 0. The Bertz CT molecular complexity index is 171. The second-order valence-electron chi connectivity index (χ2n) is 3.38. The zero-order valence-corrected chi connectivity index (χ0v) is 10.2. The van der Waals surface area contributed by atoms with E-state index < -0.39 is 0 Å². The maximum absolute atomic E-state index is 2.74. The van der Waals surface area contributed by atoms with Crippen molar-refractivity contribution >= 4 is 9.24 Å². The van der Waals surface area contributed by atoms with E-state index in [1.54, 1.807) is 0 Å². The highest BCUT2D eigenvalue weighted by molar-refractivity contribution is 7.16. The predicted molar refractivity (Wildman–Crippen MR) is 65.3 cm³/mol. The van der Waals surface area contributed by atoms with Crippen LogP contribution < -0.4 is 0 Å². The SMILES string of the molecule is CC/C=C\C(=C/CP)CCN(C)C. The van der Waals surface area contributed by atoms with Crippen LogP contribution in [0.5, 0.6) is 0 Å². The second kappa shape index (κ2) is 8.47. The first-order chi connectivity index (χ1) is 6.20. The van der Waals surface area contributed by atoms with Crippen molar-refractivity contribution in [2.75, 3.05) is 26.8 Å². The van der Waals surface area contributed by atoms with E-state index in [1.807, 2.05) is 0 Å². The summed E-state index contributed by atoms with van der Waals surface area (Å²) >= 11 is 0. The number of allylic oxidation sites excluding steroid dienone is 3. The molecule has 0 saturated heterocycles. The Labute approximate surface area is 85.1 Å². The molecule has 0 fully saturated rings. The van der Waals surface area contributed by atoms with E-state index in [4.69, 9.17) is 0 Å². The van der Waals surface area contributed by atoms with E-state index >= 15 is 0 Å². The molecule has 13 heavy (non-hydrogen) atoms. The average Bonchev–Trinajstić information content (AvgIpc) is 2.09. The fourth-order valence-electron chi connectivity index (χ4n) is 1.03. The van der Waals surface area contributed by atoms with Crippen LogP contribution in [0.25, 0.3) is 0 Å². The van der Waals surface area contributed by atoms with E-state index in [2.05, 4.69) is 53.4 Å². The molecule has 0 amide bonds. The Morgan fingerprint density at radius 2 is 2.08 bits per heavy atom. The van der Waals surface area contributed by atoms with Crippen molar-refractivity contribution in [3.8, 4) is 0 Å². The molecular weight excluding hydrogens is 177 g/mol. The Morgan fingerprint density at radius 1 is 1.38 bits per heavy atom. The van der Waals surface area contributed by atoms with Gasteiger partial charge in [0.15, 0.2) is 0 Å². The molecule has 0 N–H and O–H groups in total. The molecule has 0 heterocycles. The lowest BCUT2D eigenvalue weighted by Crippen LogP contribution is -2.13. The molecule has 1 unspecified atom stereocenters. The van der Waals surface area contributed by atoms with Crippen molar-refractivity contribution in [1.82, 2.24) is 4.90 Å². The molecule has 0 aliphatic heterocycles. The van der Waals surface area contributed by atoms with Crippen molar-refractivity contribution < 1.29 is 0 Å². The standard InChI is InChI=1S/C11H22NP/c1-4-5-6-11(8-10-13)7-9-12(2)3/h5-6,8H,4,7,9-10,13H2,1-3H3/b6-5-,11-8+. The van der Waals surface area contributed by atoms with Gasteiger partial charge in [0.25, 0.3) is 0 Å². The molecule has 1 nitrogen and oxygen atoms in total. The van der Waals surface area contributed by atoms with Crippen molar-refractivity contribution in [2.45, 2.75) is 19.8 Å². The summed E-state index contributed by atoms with van der Waals surface area (Å²) in [6.45, 7) is 3.30. The largest absolute Gasteiger partial charge is 0.309 e. The fourth-order valence-corrected chi connectivity index (χ4v) is 1.33. The molecule has 0 aliphatic carbocycles. The first-order valence-corrected chi connectivity index (χ1v) is 5.72. The van der Waals surface area contributed by atoms with Gasteiger partial charge in [-0.05, 0) is 33.1 Å². The number of hydrogen-bond acceptors (Lipinski definition) is 1. The number of nitrogens with zero attached hydrogens (tertiary/aromatic N) is 1. The minimum absolute atomic E-state index is 1.05. The second-order valence-corrected chi connectivity index (χ2v) is 3.85. The van der Waals surface area contributed by atoms with Gasteiger partial charge in [-0.1, -0.05) is 30.7 Å². The van der Waals surface area contributed by atoms with Crippen molar-refractivity contribution in [2.24, 2.45) is 0 Å². The topological polar surface area (TPSA) is 3.24 Å². The summed E-state index contributed by atoms with van der Waals surface area (Å²) in [7, 11) is 6.96. The molecule has 2 heteroatoms. The zero-order valence-electron chi connectivity index (χ0n) is 9.09. The van der Waals surface area contributed by atoms with Crippen molar-refractivity contribution in [3.63, 3.8) is 0 Å². The predicted octanol–water partition coefficient (Wildman–Crippen LogP) is 2.71. The molecule has 0 aliphatic rings. The molecule has 0 aromatic rings. The molecular formula is C11H22NP. The van der Waals surface area contributed by atoms with E-state index in [0.717, 1.165) is 25.5 Å². The maximum atomic E-state index is 2.74. The lowest BCUT2D eigenvalue weighted by molar-refractivity contribution is 0.414. The molecule has 0 radical (unpaired) electrons. The molecule has 76 valence electrons. The summed E-state index contributed by atoms with van der Waals surface area (Å²) in [6, 6.07) is 0. The normalized spacial score (nSPS) is 13.2. The van der Waals surface area contributed by atoms with Crippen LogP contribution in [0.3, 0.4) is 0 Å². The molecule has 0 rings (SSSR count). The van der Waals surface area contributed by atoms with Gasteiger partial charge in [0, 0.05) is 6.54 Å². The Kier molecular flexibility index (Phi) is 8.38. The number of rotatable bonds is 6.